The van der Waals surface area contributed by atoms with Crippen molar-refractivity contribution in [3.8, 4) is 0 Å². The van der Waals surface area contributed by atoms with Crippen LogP contribution in [0.3, 0.4) is 0 Å². The Hall–Kier alpha value is 0.200. The second kappa shape index (κ2) is 4.81. The van der Waals surface area contributed by atoms with Gasteiger partial charge in [-0.1, -0.05) is 6.92 Å². The van der Waals surface area contributed by atoms with Crippen molar-refractivity contribution >= 4 is 21.6 Å². The summed E-state index contributed by atoms with van der Waals surface area (Å²) in [6, 6.07) is 0.255. The van der Waals surface area contributed by atoms with Crippen LogP contribution >= 0.6 is 11.6 Å². The fraction of sp³-hybridized carbons (Fsp3) is 1.00. The van der Waals surface area contributed by atoms with Crippen molar-refractivity contribution in [2.75, 3.05) is 12.4 Å². The molecular weight excluding hydrogens is 222 g/mol. The summed E-state index contributed by atoms with van der Waals surface area (Å²) in [5.74, 6) is 0.176. The second-order valence-electron chi connectivity index (χ2n) is 3.85. The zero-order valence-electron chi connectivity index (χ0n) is 8.74. The predicted molar refractivity (Wildman–Crippen MR) is 59.1 cm³/mol. The molecule has 1 aliphatic rings. The van der Waals surface area contributed by atoms with Gasteiger partial charge in [0.1, 0.15) is 0 Å². The van der Waals surface area contributed by atoms with Crippen LogP contribution in [0.5, 0.6) is 0 Å². The minimum absolute atomic E-state index is 0.176. The van der Waals surface area contributed by atoms with Crippen LogP contribution in [0.1, 0.15) is 33.1 Å². The number of halogens is 1. The lowest BCUT2D eigenvalue weighted by Crippen LogP contribution is -2.40. The van der Waals surface area contributed by atoms with Gasteiger partial charge in [-0.25, -0.2) is 8.42 Å². The van der Waals surface area contributed by atoms with Crippen molar-refractivity contribution in [1.82, 2.24) is 4.31 Å². The number of sulfonamides is 1. The van der Waals surface area contributed by atoms with Gasteiger partial charge >= 0.3 is 0 Å². The third-order valence-corrected chi connectivity index (χ3v) is 5.41. The molecule has 1 saturated carbocycles. The number of nitrogens with zero attached hydrogens (tertiary/aromatic N) is 1. The standard InChI is InChI=1S/C9H18ClNO2S/c1-3-6-11(9-4-5-9)14(12,13)8(2)7-10/h8-9H,3-7H2,1-2H3. The topological polar surface area (TPSA) is 37.4 Å². The van der Waals surface area contributed by atoms with Gasteiger partial charge in [-0.2, -0.15) is 4.31 Å². The van der Waals surface area contributed by atoms with E-state index in [1.165, 1.54) is 0 Å². The summed E-state index contributed by atoms with van der Waals surface area (Å²) in [7, 11) is -3.15. The Morgan fingerprint density at radius 2 is 2.07 bits per heavy atom. The Kier molecular flexibility index (Phi) is 4.22. The molecule has 1 unspecified atom stereocenters. The van der Waals surface area contributed by atoms with Crippen molar-refractivity contribution < 1.29 is 8.42 Å². The Bertz CT molecular complexity index is 275. The van der Waals surface area contributed by atoms with Crippen LogP contribution in [0.4, 0.5) is 0 Å². The molecule has 3 nitrogen and oxygen atoms in total. The molecule has 0 radical (unpaired) electrons. The molecule has 0 spiro atoms. The van der Waals surface area contributed by atoms with Crippen LogP contribution in [0.15, 0.2) is 0 Å². The zero-order valence-corrected chi connectivity index (χ0v) is 10.3. The molecule has 1 fully saturated rings. The average Bonchev–Trinajstić information content (AvgIpc) is 2.95. The third kappa shape index (κ3) is 2.61. The minimum Gasteiger partial charge on any atom is -0.212 e. The molecule has 0 aliphatic heterocycles. The number of rotatable bonds is 6. The highest BCUT2D eigenvalue weighted by Gasteiger charge is 2.38. The van der Waals surface area contributed by atoms with Gasteiger partial charge in [0.15, 0.2) is 0 Å². The van der Waals surface area contributed by atoms with E-state index in [1.54, 1.807) is 11.2 Å². The van der Waals surface area contributed by atoms with E-state index in [9.17, 15) is 8.42 Å². The van der Waals surface area contributed by atoms with Gasteiger partial charge in [-0.3, -0.25) is 0 Å². The van der Waals surface area contributed by atoms with Crippen molar-refractivity contribution in [2.24, 2.45) is 0 Å². The maximum absolute atomic E-state index is 12.0. The van der Waals surface area contributed by atoms with Crippen molar-refractivity contribution in [3.05, 3.63) is 0 Å². The van der Waals surface area contributed by atoms with Crippen LogP contribution in [0.25, 0.3) is 0 Å². The van der Waals surface area contributed by atoms with E-state index >= 15 is 0 Å². The van der Waals surface area contributed by atoms with Crippen LogP contribution in [-0.4, -0.2) is 36.4 Å². The predicted octanol–water partition coefficient (Wildman–Crippen LogP) is 1.82. The van der Waals surface area contributed by atoms with E-state index in [4.69, 9.17) is 11.6 Å². The molecule has 1 rings (SSSR count). The van der Waals surface area contributed by atoms with Crippen LogP contribution < -0.4 is 0 Å². The summed E-state index contributed by atoms with van der Waals surface area (Å²) in [5, 5.41) is -0.462. The Morgan fingerprint density at radius 1 is 1.50 bits per heavy atom. The quantitative estimate of drug-likeness (QED) is 0.663. The summed E-state index contributed by atoms with van der Waals surface area (Å²) in [6.45, 7) is 4.30. The summed E-state index contributed by atoms with van der Waals surface area (Å²) >= 11 is 5.60. The lowest BCUT2D eigenvalue weighted by Gasteiger charge is -2.24. The van der Waals surface area contributed by atoms with Gasteiger partial charge in [-0.05, 0) is 26.2 Å². The second-order valence-corrected chi connectivity index (χ2v) is 6.46. The van der Waals surface area contributed by atoms with E-state index in [-0.39, 0.29) is 11.9 Å². The normalized spacial score (nSPS) is 20.0. The average molecular weight is 240 g/mol. The summed E-state index contributed by atoms with van der Waals surface area (Å²) in [4.78, 5) is 0. The minimum atomic E-state index is -3.15. The molecule has 0 bridgehead atoms. The molecule has 14 heavy (non-hydrogen) atoms. The molecular formula is C9H18ClNO2S. The van der Waals surface area contributed by atoms with E-state index in [0.717, 1.165) is 19.3 Å². The van der Waals surface area contributed by atoms with Crippen LogP contribution in [0.2, 0.25) is 0 Å². The van der Waals surface area contributed by atoms with Gasteiger partial charge in [-0.15, -0.1) is 11.6 Å². The van der Waals surface area contributed by atoms with Gasteiger partial charge in [0, 0.05) is 18.5 Å². The lowest BCUT2D eigenvalue weighted by molar-refractivity contribution is 0.399. The number of hydrogen-bond acceptors (Lipinski definition) is 2. The van der Waals surface area contributed by atoms with Gasteiger partial charge in [0.2, 0.25) is 10.0 Å². The first-order valence-corrected chi connectivity index (χ1v) is 7.14. The largest absolute Gasteiger partial charge is 0.218 e. The van der Waals surface area contributed by atoms with E-state index < -0.39 is 15.3 Å². The monoisotopic (exact) mass is 239 g/mol. The van der Waals surface area contributed by atoms with Crippen molar-refractivity contribution in [1.29, 1.82) is 0 Å². The highest BCUT2D eigenvalue weighted by molar-refractivity contribution is 7.89. The molecule has 1 aliphatic carbocycles. The molecule has 84 valence electrons. The Balaban J connectivity index is 2.75. The fourth-order valence-electron chi connectivity index (χ4n) is 1.41. The molecule has 0 heterocycles. The number of hydrogen-bond donors (Lipinski definition) is 0. The molecule has 0 amide bonds. The van der Waals surface area contributed by atoms with Crippen LogP contribution in [0, 0.1) is 0 Å². The SMILES string of the molecule is CCCN(C1CC1)S(=O)(=O)C(C)CCl. The molecule has 0 aromatic rings. The Labute approximate surface area is 91.5 Å². The molecule has 5 heteroatoms. The summed E-state index contributed by atoms with van der Waals surface area (Å²) in [6.07, 6.45) is 2.88. The third-order valence-electron chi connectivity index (χ3n) is 2.45. The van der Waals surface area contributed by atoms with Gasteiger partial charge in [0.05, 0.1) is 5.25 Å². The highest BCUT2D eigenvalue weighted by atomic mass is 35.5. The van der Waals surface area contributed by atoms with Gasteiger partial charge in [0.25, 0.3) is 0 Å². The van der Waals surface area contributed by atoms with Crippen molar-refractivity contribution in [2.45, 2.75) is 44.4 Å². The fourth-order valence-corrected chi connectivity index (χ4v) is 3.57. The van der Waals surface area contributed by atoms with Crippen LogP contribution in [-0.2, 0) is 10.0 Å². The molecule has 1 atom stereocenters. The van der Waals surface area contributed by atoms with Crippen molar-refractivity contribution in [3.63, 3.8) is 0 Å². The molecule has 0 N–H and O–H groups in total. The first-order valence-electron chi connectivity index (χ1n) is 5.10. The van der Waals surface area contributed by atoms with E-state index in [1.807, 2.05) is 6.92 Å². The highest BCUT2D eigenvalue weighted by Crippen LogP contribution is 2.30. The first-order chi connectivity index (χ1) is 6.54. The zero-order chi connectivity index (χ0) is 10.8. The molecule has 0 aromatic heterocycles. The lowest BCUT2D eigenvalue weighted by atomic mass is 10.5. The first kappa shape index (κ1) is 12.3. The summed E-state index contributed by atoms with van der Waals surface area (Å²) < 4.78 is 25.6. The molecule has 0 aromatic carbocycles. The maximum atomic E-state index is 12.0. The van der Waals surface area contributed by atoms with Gasteiger partial charge < -0.3 is 0 Å². The molecule has 0 saturated heterocycles. The van der Waals surface area contributed by atoms with E-state index in [0.29, 0.717) is 6.54 Å². The maximum Gasteiger partial charge on any atom is 0.218 e. The number of alkyl halides is 1. The summed E-state index contributed by atoms with van der Waals surface area (Å²) in [5.41, 5.74) is 0. The van der Waals surface area contributed by atoms with E-state index in [2.05, 4.69) is 0 Å². The smallest absolute Gasteiger partial charge is 0.212 e. The Morgan fingerprint density at radius 3 is 2.43 bits per heavy atom.